The minimum atomic E-state index is -0.0932. The summed E-state index contributed by atoms with van der Waals surface area (Å²) < 4.78 is 0. The Balaban J connectivity index is 2.21. The topological polar surface area (TPSA) is 68.0 Å². The molecule has 0 aliphatic heterocycles. The number of thiazole rings is 1. The fourth-order valence-electron chi connectivity index (χ4n) is 1.78. The van der Waals surface area contributed by atoms with Crippen LogP contribution in [0.4, 0.5) is 5.13 Å². The fourth-order valence-corrected chi connectivity index (χ4v) is 2.51. The Morgan fingerprint density at radius 1 is 1.42 bits per heavy atom. The number of nitrogens with zero attached hydrogens (tertiary/aromatic N) is 1. The van der Waals surface area contributed by atoms with Crippen molar-refractivity contribution >= 4 is 22.4 Å². The molecule has 5 heteroatoms. The minimum absolute atomic E-state index is 0.0932. The van der Waals surface area contributed by atoms with E-state index in [4.69, 9.17) is 5.73 Å². The Morgan fingerprint density at radius 2 is 2.21 bits per heavy atom. The summed E-state index contributed by atoms with van der Waals surface area (Å²) in [6, 6.07) is 6.27. The van der Waals surface area contributed by atoms with Crippen molar-refractivity contribution < 1.29 is 4.79 Å². The predicted octanol–water partition coefficient (Wildman–Crippen LogP) is 2.71. The molecule has 2 rings (SSSR count). The number of hydrogen-bond donors (Lipinski definition) is 2. The SMILES string of the molecule is Cc1ccc(C)c(-c2csc(NC(=O)CCN)n2)c1. The number of nitrogens with one attached hydrogen (secondary N) is 1. The van der Waals surface area contributed by atoms with Gasteiger partial charge in [-0.05, 0) is 25.5 Å². The molecular formula is C14H17N3OS. The number of rotatable bonds is 4. The smallest absolute Gasteiger partial charge is 0.227 e. The Kier molecular flexibility index (Phi) is 4.29. The molecule has 0 fully saturated rings. The maximum atomic E-state index is 11.5. The molecule has 1 aromatic heterocycles. The largest absolute Gasteiger partial charge is 0.330 e. The lowest BCUT2D eigenvalue weighted by atomic mass is 10.0. The third-order valence-electron chi connectivity index (χ3n) is 2.79. The summed E-state index contributed by atoms with van der Waals surface area (Å²) in [5, 5.41) is 5.33. The zero-order valence-corrected chi connectivity index (χ0v) is 11.9. The van der Waals surface area contributed by atoms with Crippen LogP contribution in [0.1, 0.15) is 17.5 Å². The summed E-state index contributed by atoms with van der Waals surface area (Å²) in [4.78, 5) is 15.9. The van der Waals surface area contributed by atoms with Gasteiger partial charge in [0.1, 0.15) is 0 Å². The van der Waals surface area contributed by atoms with Gasteiger partial charge in [-0.25, -0.2) is 4.98 Å². The lowest BCUT2D eigenvalue weighted by molar-refractivity contribution is -0.116. The summed E-state index contributed by atoms with van der Waals surface area (Å²) in [5.74, 6) is -0.0932. The van der Waals surface area contributed by atoms with Crippen LogP contribution in [-0.4, -0.2) is 17.4 Å². The summed E-state index contributed by atoms with van der Waals surface area (Å²) in [7, 11) is 0. The normalized spacial score (nSPS) is 10.5. The van der Waals surface area contributed by atoms with Crippen molar-refractivity contribution in [3.05, 3.63) is 34.7 Å². The first-order valence-electron chi connectivity index (χ1n) is 6.13. The van der Waals surface area contributed by atoms with Gasteiger partial charge in [-0.1, -0.05) is 17.7 Å². The van der Waals surface area contributed by atoms with E-state index in [0.717, 1.165) is 11.3 Å². The van der Waals surface area contributed by atoms with Gasteiger partial charge in [-0.2, -0.15) is 0 Å². The second kappa shape index (κ2) is 5.95. The highest BCUT2D eigenvalue weighted by Crippen LogP contribution is 2.28. The van der Waals surface area contributed by atoms with E-state index in [2.05, 4.69) is 42.3 Å². The van der Waals surface area contributed by atoms with Crippen molar-refractivity contribution in [3.63, 3.8) is 0 Å². The maximum Gasteiger partial charge on any atom is 0.227 e. The van der Waals surface area contributed by atoms with Gasteiger partial charge < -0.3 is 11.1 Å². The first kappa shape index (κ1) is 13.7. The standard InChI is InChI=1S/C14H17N3OS/c1-9-3-4-10(2)11(7-9)12-8-19-14(16-12)17-13(18)5-6-15/h3-4,7-8H,5-6,15H2,1-2H3,(H,16,17,18). The maximum absolute atomic E-state index is 11.5. The quantitative estimate of drug-likeness (QED) is 0.901. The summed E-state index contributed by atoms with van der Waals surface area (Å²) in [6.07, 6.45) is 0.318. The Bertz CT molecular complexity index is 592. The molecule has 0 radical (unpaired) electrons. The molecule has 2 aromatic rings. The Morgan fingerprint density at radius 3 is 2.95 bits per heavy atom. The van der Waals surface area contributed by atoms with Crippen molar-refractivity contribution in [3.8, 4) is 11.3 Å². The van der Waals surface area contributed by atoms with Crippen molar-refractivity contribution in [1.82, 2.24) is 4.98 Å². The first-order valence-corrected chi connectivity index (χ1v) is 7.01. The van der Waals surface area contributed by atoms with Gasteiger partial charge in [0.2, 0.25) is 5.91 Å². The highest BCUT2D eigenvalue weighted by molar-refractivity contribution is 7.14. The average Bonchev–Trinajstić information content (AvgIpc) is 2.81. The molecule has 1 heterocycles. The molecule has 0 unspecified atom stereocenters. The highest BCUT2D eigenvalue weighted by Gasteiger charge is 2.09. The third kappa shape index (κ3) is 3.39. The molecule has 1 amide bonds. The van der Waals surface area contributed by atoms with Crippen LogP contribution < -0.4 is 11.1 Å². The number of nitrogens with two attached hydrogens (primary N) is 1. The van der Waals surface area contributed by atoms with Gasteiger partial charge in [-0.15, -0.1) is 11.3 Å². The molecule has 1 aromatic carbocycles. The second-order valence-corrected chi connectivity index (χ2v) is 5.30. The van der Waals surface area contributed by atoms with Crippen molar-refractivity contribution in [2.24, 2.45) is 5.73 Å². The summed E-state index contributed by atoms with van der Waals surface area (Å²) in [6.45, 7) is 4.46. The van der Waals surface area contributed by atoms with E-state index in [1.165, 1.54) is 22.5 Å². The average molecular weight is 275 g/mol. The van der Waals surface area contributed by atoms with Gasteiger partial charge in [0.05, 0.1) is 5.69 Å². The lowest BCUT2D eigenvalue weighted by Crippen LogP contribution is -2.15. The number of anilines is 1. The lowest BCUT2D eigenvalue weighted by Gasteiger charge is -2.04. The summed E-state index contributed by atoms with van der Waals surface area (Å²) >= 11 is 1.43. The molecule has 0 atom stereocenters. The number of carbonyl (C=O) groups excluding carboxylic acids is 1. The van der Waals surface area contributed by atoms with E-state index in [-0.39, 0.29) is 5.91 Å². The van der Waals surface area contributed by atoms with Crippen LogP contribution in [0.5, 0.6) is 0 Å². The van der Waals surface area contributed by atoms with Crippen molar-refractivity contribution in [2.75, 3.05) is 11.9 Å². The number of carbonyl (C=O) groups is 1. The monoisotopic (exact) mass is 275 g/mol. The van der Waals surface area contributed by atoms with Gasteiger partial charge in [-0.3, -0.25) is 4.79 Å². The highest BCUT2D eigenvalue weighted by atomic mass is 32.1. The molecule has 3 N–H and O–H groups in total. The van der Waals surface area contributed by atoms with Crippen LogP contribution in [0.3, 0.4) is 0 Å². The molecule has 4 nitrogen and oxygen atoms in total. The van der Waals surface area contributed by atoms with E-state index in [0.29, 0.717) is 18.1 Å². The second-order valence-electron chi connectivity index (χ2n) is 4.44. The van der Waals surface area contributed by atoms with E-state index >= 15 is 0 Å². The van der Waals surface area contributed by atoms with E-state index in [1.54, 1.807) is 0 Å². The zero-order chi connectivity index (χ0) is 13.8. The summed E-state index contributed by atoms with van der Waals surface area (Å²) in [5.41, 5.74) is 9.72. The van der Waals surface area contributed by atoms with Gasteiger partial charge >= 0.3 is 0 Å². The Hall–Kier alpha value is -1.72. The molecule has 0 spiro atoms. The van der Waals surface area contributed by atoms with Crippen LogP contribution in [0, 0.1) is 13.8 Å². The predicted molar refractivity (Wildman–Crippen MR) is 79.3 cm³/mol. The number of aromatic nitrogens is 1. The molecule has 0 aliphatic carbocycles. The number of benzene rings is 1. The van der Waals surface area contributed by atoms with Crippen LogP contribution in [0.2, 0.25) is 0 Å². The molecule has 0 saturated heterocycles. The number of aryl methyl sites for hydroxylation is 2. The van der Waals surface area contributed by atoms with E-state index in [9.17, 15) is 4.79 Å². The van der Waals surface area contributed by atoms with Crippen LogP contribution in [0.15, 0.2) is 23.6 Å². The van der Waals surface area contributed by atoms with Crippen molar-refractivity contribution in [2.45, 2.75) is 20.3 Å². The van der Waals surface area contributed by atoms with E-state index < -0.39 is 0 Å². The number of amides is 1. The molecule has 19 heavy (non-hydrogen) atoms. The van der Waals surface area contributed by atoms with Crippen LogP contribution in [-0.2, 0) is 4.79 Å². The third-order valence-corrected chi connectivity index (χ3v) is 3.55. The number of hydrogen-bond acceptors (Lipinski definition) is 4. The van der Waals surface area contributed by atoms with Crippen LogP contribution in [0.25, 0.3) is 11.3 Å². The fraction of sp³-hybridized carbons (Fsp3) is 0.286. The van der Waals surface area contributed by atoms with E-state index in [1.807, 2.05) is 5.38 Å². The molecule has 100 valence electrons. The molecular weight excluding hydrogens is 258 g/mol. The van der Waals surface area contributed by atoms with Gasteiger partial charge in [0.25, 0.3) is 0 Å². The van der Waals surface area contributed by atoms with Crippen LogP contribution >= 0.6 is 11.3 Å². The van der Waals surface area contributed by atoms with Gasteiger partial charge in [0, 0.05) is 23.9 Å². The first-order chi connectivity index (χ1) is 9.10. The molecule has 0 bridgehead atoms. The van der Waals surface area contributed by atoms with Crippen molar-refractivity contribution in [1.29, 1.82) is 0 Å². The zero-order valence-electron chi connectivity index (χ0n) is 11.1. The minimum Gasteiger partial charge on any atom is -0.330 e. The molecule has 0 aliphatic rings. The van der Waals surface area contributed by atoms with Gasteiger partial charge in [0.15, 0.2) is 5.13 Å². The Labute approximate surface area is 116 Å². The molecule has 0 saturated carbocycles.